The molecule has 2 aliphatic heterocycles. The number of anilines is 1. The number of esters is 1. The smallest absolute Gasteiger partial charge is 0.303 e. The fourth-order valence-electron chi connectivity index (χ4n) is 4.90. The van der Waals surface area contributed by atoms with Gasteiger partial charge in [-0.3, -0.25) is 9.59 Å². The van der Waals surface area contributed by atoms with Crippen molar-refractivity contribution in [2.75, 3.05) is 70.9 Å². The minimum absolute atomic E-state index is 0.232. The standard InChI is InChI=1S/C27H36N4O6S/c1-4-28-12-18-31(19-13-28)38(34,35)23-10-11-25(36-3)24(20-23)29-14-16-30(17-15-29)27(33)26(37-21(2)32)22-8-6-5-7-9-22/h5-11,20,26H,4,12-19H2,1-3H3. The van der Waals surface area contributed by atoms with Crippen LogP contribution in [0.15, 0.2) is 53.4 Å². The zero-order valence-electron chi connectivity index (χ0n) is 22.2. The number of likely N-dealkylation sites (N-methyl/N-ethyl adjacent to an activating group) is 1. The first-order chi connectivity index (χ1) is 18.2. The van der Waals surface area contributed by atoms with Gasteiger partial charge in [-0.1, -0.05) is 37.3 Å². The van der Waals surface area contributed by atoms with E-state index >= 15 is 0 Å². The second-order valence-corrected chi connectivity index (χ2v) is 11.3. The van der Waals surface area contributed by atoms with E-state index in [1.807, 2.05) is 11.0 Å². The van der Waals surface area contributed by atoms with Crippen molar-refractivity contribution in [2.45, 2.75) is 24.8 Å². The van der Waals surface area contributed by atoms with Gasteiger partial charge in [0.1, 0.15) is 5.75 Å². The van der Waals surface area contributed by atoms with Crippen LogP contribution in [0, 0.1) is 0 Å². The molecule has 1 amide bonds. The van der Waals surface area contributed by atoms with Crippen molar-refractivity contribution in [3.8, 4) is 5.75 Å². The molecule has 2 saturated heterocycles. The normalized spacial score (nSPS) is 18.2. The van der Waals surface area contributed by atoms with E-state index in [4.69, 9.17) is 9.47 Å². The van der Waals surface area contributed by atoms with Crippen LogP contribution in [0.5, 0.6) is 5.75 Å². The Morgan fingerprint density at radius 2 is 1.58 bits per heavy atom. The molecular weight excluding hydrogens is 508 g/mol. The van der Waals surface area contributed by atoms with Gasteiger partial charge in [0, 0.05) is 64.8 Å². The van der Waals surface area contributed by atoms with Gasteiger partial charge in [-0.25, -0.2) is 8.42 Å². The van der Waals surface area contributed by atoms with Crippen molar-refractivity contribution >= 4 is 27.6 Å². The number of piperazine rings is 2. The van der Waals surface area contributed by atoms with E-state index in [-0.39, 0.29) is 10.8 Å². The molecular formula is C27H36N4O6S. The molecule has 1 unspecified atom stereocenters. The number of methoxy groups -OCH3 is 1. The average molecular weight is 545 g/mol. The third kappa shape index (κ3) is 6.11. The summed E-state index contributed by atoms with van der Waals surface area (Å²) in [4.78, 5) is 31.2. The molecule has 4 rings (SSSR count). The summed E-state index contributed by atoms with van der Waals surface area (Å²) in [5.74, 6) is -0.230. The summed E-state index contributed by atoms with van der Waals surface area (Å²) in [5, 5.41) is 0. The Kier molecular flexibility index (Phi) is 8.91. The highest BCUT2D eigenvalue weighted by Gasteiger charge is 2.33. The van der Waals surface area contributed by atoms with Crippen LogP contribution in [0.1, 0.15) is 25.5 Å². The summed E-state index contributed by atoms with van der Waals surface area (Å²) in [6.45, 7) is 8.35. The van der Waals surface area contributed by atoms with Gasteiger partial charge >= 0.3 is 5.97 Å². The summed E-state index contributed by atoms with van der Waals surface area (Å²) >= 11 is 0. The van der Waals surface area contributed by atoms with Crippen LogP contribution in [0.4, 0.5) is 5.69 Å². The molecule has 0 N–H and O–H groups in total. The molecule has 0 aliphatic carbocycles. The topological polar surface area (TPSA) is 99.7 Å². The lowest BCUT2D eigenvalue weighted by atomic mass is 10.1. The lowest BCUT2D eigenvalue weighted by Crippen LogP contribution is -2.50. The van der Waals surface area contributed by atoms with Gasteiger partial charge in [-0.2, -0.15) is 4.31 Å². The first kappa shape index (κ1) is 27.9. The number of nitrogens with zero attached hydrogens (tertiary/aromatic N) is 4. The number of sulfonamides is 1. The zero-order chi connectivity index (χ0) is 27.3. The fraction of sp³-hybridized carbons (Fsp3) is 0.481. The number of benzene rings is 2. The van der Waals surface area contributed by atoms with E-state index in [0.29, 0.717) is 69.4 Å². The van der Waals surface area contributed by atoms with Crippen LogP contribution < -0.4 is 9.64 Å². The highest BCUT2D eigenvalue weighted by Crippen LogP contribution is 2.33. The van der Waals surface area contributed by atoms with Crippen LogP contribution in [0.25, 0.3) is 0 Å². The number of hydrogen-bond acceptors (Lipinski definition) is 8. The molecule has 0 bridgehead atoms. The van der Waals surface area contributed by atoms with Crippen molar-refractivity contribution in [3.63, 3.8) is 0 Å². The van der Waals surface area contributed by atoms with E-state index < -0.39 is 22.1 Å². The third-order valence-corrected chi connectivity index (χ3v) is 9.00. The highest BCUT2D eigenvalue weighted by atomic mass is 32.2. The molecule has 0 spiro atoms. The Morgan fingerprint density at radius 3 is 2.16 bits per heavy atom. The maximum atomic E-state index is 13.4. The van der Waals surface area contributed by atoms with E-state index in [9.17, 15) is 18.0 Å². The molecule has 2 aromatic carbocycles. The quantitative estimate of drug-likeness (QED) is 0.465. The van der Waals surface area contributed by atoms with Crippen LogP contribution in [-0.4, -0.2) is 100 Å². The fourth-order valence-corrected chi connectivity index (χ4v) is 6.34. The Balaban J connectivity index is 1.49. The molecule has 2 fully saturated rings. The molecule has 1 atom stereocenters. The molecule has 2 aromatic rings. The number of rotatable bonds is 8. The van der Waals surface area contributed by atoms with Crippen molar-refractivity contribution in [2.24, 2.45) is 0 Å². The van der Waals surface area contributed by atoms with Crippen LogP contribution in [0.2, 0.25) is 0 Å². The van der Waals surface area contributed by atoms with Gasteiger partial charge in [0.25, 0.3) is 5.91 Å². The van der Waals surface area contributed by atoms with Crippen LogP contribution >= 0.6 is 0 Å². The van der Waals surface area contributed by atoms with Crippen molar-refractivity contribution in [1.29, 1.82) is 0 Å². The predicted octanol–water partition coefficient (Wildman–Crippen LogP) is 1.97. The Morgan fingerprint density at radius 1 is 0.921 bits per heavy atom. The molecule has 10 nitrogen and oxygen atoms in total. The second-order valence-electron chi connectivity index (χ2n) is 9.38. The largest absolute Gasteiger partial charge is 0.495 e. The zero-order valence-corrected chi connectivity index (χ0v) is 23.0. The van der Waals surface area contributed by atoms with Gasteiger partial charge in [0.2, 0.25) is 16.1 Å². The molecule has 0 aromatic heterocycles. The first-order valence-electron chi connectivity index (χ1n) is 12.9. The summed E-state index contributed by atoms with van der Waals surface area (Å²) < 4.78 is 39.3. The van der Waals surface area contributed by atoms with Crippen LogP contribution in [0.3, 0.4) is 0 Å². The van der Waals surface area contributed by atoms with Crippen molar-refractivity contribution in [1.82, 2.24) is 14.1 Å². The number of amides is 1. The number of carbonyl (C=O) groups is 2. The molecule has 38 heavy (non-hydrogen) atoms. The van der Waals surface area contributed by atoms with E-state index in [1.54, 1.807) is 58.8 Å². The summed E-state index contributed by atoms with van der Waals surface area (Å²) in [6, 6.07) is 13.9. The molecule has 11 heteroatoms. The highest BCUT2D eigenvalue weighted by molar-refractivity contribution is 7.89. The van der Waals surface area contributed by atoms with E-state index in [2.05, 4.69) is 11.8 Å². The second kappa shape index (κ2) is 12.1. The average Bonchev–Trinajstić information content (AvgIpc) is 2.95. The van der Waals surface area contributed by atoms with Crippen LogP contribution in [-0.2, 0) is 24.3 Å². The van der Waals surface area contributed by atoms with Gasteiger partial charge < -0.3 is 24.2 Å². The molecule has 2 aliphatic rings. The van der Waals surface area contributed by atoms with E-state index in [0.717, 1.165) is 6.54 Å². The maximum absolute atomic E-state index is 13.4. The summed E-state index contributed by atoms with van der Waals surface area (Å²) in [6.07, 6.45) is -1.00. The monoisotopic (exact) mass is 544 g/mol. The third-order valence-electron chi connectivity index (χ3n) is 7.11. The lowest BCUT2D eigenvalue weighted by molar-refractivity contribution is -0.159. The lowest BCUT2D eigenvalue weighted by Gasteiger charge is -2.38. The molecule has 0 radical (unpaired) electrons. The molecule has 0 saturated carbocycles. The van der Waals surface area contributed by atoms with Gasteiger partial charge in [0.15, 0.2) is 0 Å². The number of carbonyl (C=O) groups excluding carboxylic acids is 2. The Labute approximate surface area is 224 Å². The Bertz CT molecular complexity index is 1220. The molecule has 206 valence electrons. The number of ether oxygens (including phenoxy) is 2. The number of hydrogen-bond donors (Lipinski definition) is 0. The van der Waals surface area contributed by atoms with Crippen molar-refractivity contribution in [3.05, 3.63) is 54.1 Å². The van der Waals surface area contributed by atoms with Gasteiger partial charge in [-0.15, -0.1) is 0 Å². The minimum atomic E-state index is -3.65. The minimum Gasteiger partial charge on any atom is -0.495 e. The maximum Gasteiger partial charge on any atom is 0.303 e. The van der Waals surface area contributed by atoms with Gasteiger partial charge in [-0.05, 0) is 24.7 Å². The molecule has 2 heterocycles. The summed E-state index contributed by atoms with van der Waals surface area (Å²) in [5.41, 5.74) is 1.29. The SMILES string of the molecule is CCN1CCN(S(=O)(=O)c2ccc(OC)c(N3CCN(C(=O)C(OC(C)=O)c4ccccc4)CC3)c2)CC1. The van der Waals surface area contributed by atoms with Crippen molar-refractivity contribution < 1.29 is 27.5 Å². The Hall–Kier alpha value is -3.15. The van der Waals surface area contributed by atoms with E-state index in [1.165, 1.54) is 6.92 Å². The predicted molar refractivity (Wildman–Crippen MR) is 144 cm³/mol. The van der Waals surface area contributed by atoms with Gasteiger partial charge in [0.05, 0.1) is 17.7 Å². The first-order valence-corrected chi connectivity index (χ1v) is 14.3. The summed E-state index contributed by atoms with van der Waals surface area (Å²) in [7, 11) is -2.09.